The highest BCUT2D eigenvalue weighted by Crippen LogP contribution is 2.28. The lowest BCUT2D eigenvalue weighted by Crippen LogP contribution is -2.52. The van der Waals surface area contributed by atoms with E-state index in [-0.39, 0.29) is 11.8 Å². The minimum absolute atomic E-state index is 0.0345. The highest BCUT2D eigenvalue weighted by Gasteiger charge is 2.32. The molecule has 1 aromatic rings. The summed E-state index contributed by atoms with van der Waals surface area (Å²) < 4.78 is 16.5. The van der Waals surface area contributed by atoms with Crippen molar-refractivity contribution in [1.82, 2.24) is 9.80 Å². The van der Waals surface area contributed by atoms with Crippen LogP contribution in [-0.2, 0) is 20.9 Å². The van der Waals surface area contributed by atoms with Crippen LogP contribution >= 0.6 is 0 Å². The van der Waals surface area contributed by atoms with Gasteiger partial charge in [0.15, 0.2) is 6.10 Å². The monoisotopic (exact) mass is 334 g/mol. The first kappa shape index (κ1) is 16.6. The molecule has 0 saturated carbocycles. The minimum Gasteiger partial charge on any atom is -0.497 e. The van der Waals surface area contributed by atoms with Crippen LogP contribution in [-0.4, -0.2) is 67.7 Å². The van der Waals surface area contributed by atoms with Gasteiger partial charge in [-0.3, -0.25) is 9.59 Å². The molecule has 1 saturated heterocycles. The fraction of sp³-hybridized carbons (Fsp3) is 0.529. The van der Waals surface area contributed by atoms with Crippen molar-refractivity contribution >= 4 is 11.8 Å². The van der Waals surface area contributed by atoms with E-state index in [1.165, 1.54) is 6.92 Å². The second kappa shape index (κ2) is 7.09. The van der Waals surface area contributed by atoms with Crippen LogP contribution in [0.4, 0.5) is 0 Å². The van der Waals surface area contributed by atoms with Gasteiger partial charge in [0, 0.05) is 31.6 Å². The fourth-order valence-corrected chi connectivity index (χ4v) is 2.95. The molecule has 3 rings (SSSR count). The Balaban J connectivity index is 1.72. The molecule has 1 fully saturated rings. The van der Waals surface area contributed by atoms with E-state index >= 15 is 0 Å². The molecule has 1 atom stereocenters. The molecular formula is C17H22N2O5. The molecule has 24 heavy (non-hydrogen) atoms. The van der Waals surface area contributed by atoms with E-state index in [1.54, 1.807) is 16.9 Å². The number of fused-ring (bicyclic) bond motifs is 1. The number of amides is 2. The molecule has 0 aromatic heterocycles. The number of carbonyl (C=O) groups is 2. The third-order valence-electron chi connectivity index (χ3n) is 4.35. The van der Waals surface area contributed by atoms with Gasteiger partial charge in [-0.25, -0.2) is 0 Å². The molecule has 1 unspecified atom stereocenters. The van der Waals surface area contributed by atoms with Gasteiger partial charge < -0.3 is 24.0 Å². The topological polar surface area (TPSA) is 68.3 Å². The van der Waals surface area contributed by atoms with Gasteiger partial charge in [-0.1, -0.05) is 0 Å². The number of morpholine rings is 1. The third kappa shape index (κ3) is 3.46. The molecule has 0 spiro atoms. The van der Waals surface area contributed by atoms with Gasteiger partial charge in [-0.15, -0.1) is 0 Å². The Hall–Kier alpha value is -2.28. The van der Waals surface area contributed by atoms with Crippen LogP contribution in [0.25, 0.3) is 0 Å². The lowest BCUT2D eigenvalue weighted by Gasteiger charge is -2.34. The number of carbonyl (C=O) groups excluding carboxylic acids is 2. The smallest absolute Gasteiger partial charge is 0.253 e. The van der Waals surface area contributed by atoms with Crippen LogP contribution in [0.2, 0.25) is 0 Å². The third-order valence-corrected chi connectivity index (χ3v) is 4.35. The summed E-state index contributed by atoms with van der Waals surface area (Å²) in [5.74, 6) is 1.32. The Labute approximate surface area is 141 Å². The molecule has 2 heterocycles. The van der Waals surface area contributed by atoms with Crippen molar-refractivity contribution in [1.29, 1.82) is 0 Å². The van der Waals surface area contributed by atoms with Gasteiger partial charge in [0.25, 0.3) is 5.91 Å². The standard InChI is InChI=1S/C17H22N2O5/c1-12(20)18-5-7-24-16(11-18)17(21)19-6-8-23-15-9-14(22-2)4-3-13(15)10-19/h3-4,9,16H,5-8,10-11H2,1-2H3. The van der Waals surface area contributed by atoms with Crippen molar-refractivity contribution in [2.24, 2.45) is 0 Å². The molecule has 130 valence electrons. The van der Waals surface area contributed by atoms with Gasteiger partial charge >= 0.3 is 0 Å². The van der Waals surface area contributed by atoms with Crippen LogP contribution in [0.3, 0.4) is 0 Å². The molecule has 0 aliphatic carbocycles. The summed E-state index contributed by atoms with van der Waals surface area (Å²) in [6.45, 7) is 4.08. The number of rotatable bonds is 2. The van der Waals surface area contributed by atoms with E-state index in [0.717, 1.165) is 17.1 Å². The van der Waals surface area contributed by atoms with Gasteiger partial charge in [0.2, 0.25) is 5.91 Å². The molecule has 0 radical (unpaired) electrons. The lowest BCUT2D eigenvalue weighted by molar-refractivity contribution is -0.154. The zero-order valence-electron chi connectivity index (χ0n) is 14.0. The number of hydrogen-bond acceptors (Lipinski definition) is 5. The maximum absolute atomic E-state index is 12.8. The SMILES string of the molecule is COc1ccc2c(c1)OCCN(C(=O)C1CN(C(C)=O)CCO1)C2. The Morgan fingerprint density at radius 3 is 2.75 bits per heavy atom. The molecule has 2 aliphatic heterocycles. The predicted molar refractivity (Wildman–Crippen MR) is 85.9 cm³/mol. The summed E-state index contributed by atoms with van der Waals surface area (Å²) in [6, 6.07) is 5.59. The van der Waals surface area contributed by atoms with E-state index in [1.807, 2.05) is 18.2 Å². The van der Waals surface area contributed by atoms with E-state index in [0.29, 0.717) is 39.4 Å². The minimum atomic E-state index is -0.609. The summed E-state index contributed by atoms with van der Waals surface area (Å²) in [5.41, 5.74) is 0.931. The Kier molecular flexibility index (Phi) is 4.89. The van der Waals surface area contributed by atoms with Crippen molar-refractivity contribution < 1.29 is 23.8 Å². The molecule has 2 amide bonds. The number of methoxy groups -OCH3 is 1. The first-order valence-electron chi connectivity index (χ1n) is 8.04. The maximum Gasteiger partial charge on any atom is 0.253 e. The number of hydrogen-bond donors (Lipinski definition) is 0. The molecule has 1 aromatic carbocycles. The molecule has 0 bridgehead atoms. The van der Waals surface area contributed by atoms with Crippen molar-refractivity contribution in [2.45, 2.75) is 19.6 Å². The Morgan fingerprint density at radius 1 is 1.21 bits per heavy atom. The molecule has 7 nitrogen and oxygen atoms in total. The second-order valence-electron chi connectivity index (χ2n) is 5.91. The highest BCUT2D eigenvalue weighted by atomic mass is 16.5. The number of ether oxygens (including phenoxy) is 3. The van der Waals surface area contributed by atoms with Crippen LogP contribution in [0, 0.1) is 0 Å². The van der Waals surface area contributed by atoms with Crippen molar-refractivity contribution in [3.8, 4) is 11.5 Å². The molecular weight excluding hydrogens is 312 g/mol. The maximum atomic E-state index is 12.8. The zero-order valence-corrected chi connectivity index (χ0v) is 14.0. The summed E-state index contributed by atoms with van der Waals surface area (Å²) in [6.07, 6.45) is -0.609. The Morgan fingerprint density at radius 2 is 2.00 bits per heavy atom. The van der Waals surface area contributed by atoms with E-state index in [9.17, 15) is 9.59 Å². The van der Waals surface area contributed by atoms with E-state index in [2.05, 4.69) is 0 Å². The summed E-state index contributed by atoms with van der Waals surface area (Å²) >= 11 is 0. The van der Waals surface area contributed by atoms with Crippen LogP contribution < -0.4 is 9.47 Å². The summed E-state index contributed by atoms with van der Waals surface area (Å²) in [4.78, 5) is 27.7. The fourth-order valence-electron chi connectivity index (χ4n) is 2.95. The second-order valence-corrected chi connectivity index (χ2v) is 5.91. The average Bonchev–Trinajstić information content (AvgIpc) is 2.82. The highest BCUT2D eigenvalue weighted by molar-refractivity contribution is 5.82. The largest absolute Gasteiger partial charge is 0.497 e. The molecule has 2 aliphatic rings. The van der Waals surface area contributed by atoms with E-state index < -0.39 is 6.10 Å². The zero-order chi connectivity index (χ0) is 17.1. The van der Waals surface area contributed by atoms with Gasteiger partial charge in [0.1, 0.15) is 18.1 Å². The number of nitrogens with zero attached hydrogens (tertiary/aromatic N) is 2. The predicted octanol–water partition coefficient (Wildman–Crippen LogP) is 0.663. The van der Waals surface area contributed by atoms with Crippen LogP contribution in [0.1, 0.15) is 12.5 Å². The molecule has 7 heteroatoms. The quantitative estimate of drug-likeness (QED) is 0.795. The van der Waals surface area contributed by atoms with Crippen molar-refractivity contribution in [3.05, 3.63) is 23.8 Å². The summed E-state index contributed by atoms with van der Waals surface area (Å²) in [5, 5.41) is 0. The first-order chi connectivity index (χ1) is 11.6. The Bertz CT molecular complexity index is 633. The number of benzene rings is 1. The lowest BCUT2D eigenvalue weighted by atomic mass is 10.1. The average molecular weight is 334 g/mol. The van der Waals surface area contributed by atoms with Crippen molar-refractivity contribution in [2.75, 3.05) is 40.0 Å². The van der Waals surface area contributed by atoms with Gasteiger partial charge in [-0.05, 0) is 12.1 Å². The van der Waals surface area contributed by atoms with Crippen LogP contribution in [0.15, 0.2) is 18.2 Å². The molecule has 0 N–H and O–H groups in total. The van der Waals surface area contributed by atoms with Gasteiger partial charge in [-0.2, -0.15) is 0 Å². The van der Waals surface area contributed by atoms with Gasteiger partial charge in [0.05, 0.1) is 26.8 Å². The van der Waals surface area contributed by atoms with Crippen LogP contribution in [0.5, 0.6) is 11.5 Å². The summed E-state index contributed by atoms with van der Waals surface area (Å²) in [7, 11) is 1.61. The van der Waals surface area contributed by atoms with E-state index in [4.69, 9.17) is 14.2 Å². The first-order valence-corrected chi connectivity index (χ1v) is 8.04. The normalized spacial score (nSPS) is 20.7. The van der Waals surface area contributed by atoms with Crippen molar-refractivity contribution in [3.63, 3.8) is 0 Å².